The molecule has 1 unspecified atom stereocenters. The number of aryl methyl sites for hydroxylation is 1. The van der Waals surface area contributed by atoms with Gasteiger partial charge >= 0.3 is 0 Å². The molecule has 1 saturated carbocycles. The molecule has 0 N–H and O–H groups in total. The average Bonchev–Trinajstić information content (AvgIpc) is 2.51. The predicted octanol–water partition coefficient (Wildman–Crippen LogP) is 2.61. The standard InChI is InChI=1S/C11H15NOS/c1-7-6-14-10(12-7)4-9(13)8-5-11(8,2)3/h6,8H,4-5H2,1-3H3. The van der Waals surface area contributed by atoms with Crippen molar-refractivity contribution in [3.8, 4) is 0 Å². The molecule has 0 aromatic carbocycles. The van der Waals surface area contributed by atoms with E-state index in [0.29, 0.717) is 12.2 Å². The van der Waals surface area contributed by atoms with Crippen LogP contribution in [0.5, 0.6) is 0 Å². The fraction of sp³-hybridized carbons (Fsp3) is 0.636. The van der Waals surface area contributed by atoms with Crippen LogP contribution in [0.3, 0.4) is 0 Å². The molecule has 1 aliphatic rings. The third-order valence-corrected chi connectivity index (χ3v) is 3.86. The van der Waals surface area contributed by atoms with E-state index in [1.54, 1.807) is 11.3 Å². The molecule has 14 heavy (non-hydrogen) atoms. The third-order valence-electron chi connectivity index (χ3n) is 2.89. The maximum atomic E-state index is 11.8. The highest BCUT2D eigenvalue weighted by atomic mass is 32.1. The Kier molecular flexibility index (Phi) is 2.22. The fourth-order valence-corrected chi connectivity index (χ4v) is 2.55. The smallest absolute Gasteiger partial charge is 0.143 e. The third kappa shape index (κ3) is 1.87. The van der Waals surface area contributed by atoms with Crippen LogP contribution in [-0.4, -0.2) is 10.8 Å². The number of ketones is 1. The van der Waals surface area contributed by atoms with Gasteiger partial charge in [-0.1, -0.05) is 13.8 Å². The highest BCUT2D eigenvalue weighted by Gasteiger charge is 2.49. The van der Waals surface area contributed by atoms with Gasteiger partial charge in [-0.05, 0) is 18.8 Å². The van der Waals surface area contributed by atoms with Crippen LogP contribution in [0.25, 0.3) is 0 Å². The van der Waals surface area contributed by atoms with Crippen LogP contribution in [-0.2, 0) is 11.2 Å². The van der Waals surface area contributed by atoms with Crippen LogP contribution in [0.1, 0.15) is 31.0 Å². The number of hydrogen-bond acceptors (Lipinski definition) is 3. The molecule has 0 radical (unpaired) electrons. The first-order valence-corrected chi connectivity index (χ1v) is 5.81. The van der Waals surface area contributed by atoms with Gasteiger partial charge in [0.2, 0.25) is 0 Å². The lowest BCUT2D eigenvalue weighted by atomic mass is 10.1. The molecule has 0 amide bonds. The number of carbonyl (C=O) groups excluding carboxylic acids is 1. The van der Waals surface area contributed by atoms with Crippen molar-refractivity contribution in [3.63, 3.8) is 0 Å². The molecule has 0 spiro atoms. The summed E-state index contributed by atoms with van der Waals surface area (Å²) in [6, 6.07) is 0. The van der Waals surface area contributed by atoms with Gasteiger partial charge in [0, 0.05) is 17.0 Å². The van der Waals surface area contributed by atoms with Gasteiger partial charge in [0.15, 0.2) is 0 Å². The molecule has 3 heteroatoms. The Balaban J connectivity index is 1.96. The number of hydrogen-bond donors (Lipinski definition) is 0. The Morgan fingerprint density at radius 2 is 2.36 bits per heavy atom. The largest absolute Gasteiger partial charge is 0.299 e. The van der Waals surface area contributed by atoms with Crippen molar-refractivity contribution in [1.29, 1.82) is 0 Å². The van der Waals surface area contributed by atoms with Gasteiger partial charge in [0.05, 0.1) is 6.42 Å². The number of thiazole rings is 1. The SMILES string of the molecule is Cc1csc(CC(=O)C2CC2(C)C)n1. The molecule has 2 rings (SSSR count). The molecule has 0 aliphatic heterocycles. The van der Waals surface area contributed by atoms with E-state index in [-0.39, 0.29) is 11.3 Å². The molecule has 1 aromatic heterocycles. The van der Waals surface area contributed by atoms with Gasteiger partial charge < -0.3 is 0 Å². The van der Waals surface area contributed by atoms with E-state index >= 15 is 0 Å². The maximum absolute atomic E-state index is 11.8. The summed E-state index contributed by atoms with van der Waals surface area (Å²) in [7, 11) is 0. The summed E-state index contributed by atoms with van der Waals surface area (Å²) in [4.78, 5) is 16.1. The second-order valence-corrected chi connectivity index (χ2v) is 5.71. The molecule has 1 aromatic rings. The molecule has 1 fully saturated rings. The molecule has 1 atom stereocenters. The van der Waals surface area contributed by atoms with E-state index in [9.17, 15) is 4.79 Å². The van der Waals surface area contributed by atoms with Gasteiger partial charge in [0.1, 0.15) is 10.8 Å². The Hall–Kier alpha value is -0.700. The summed E-state index contributed by atoms with van der Waals surface area (Å²) < 4.78 is 0. The van der Waals surface area contributed by atoms with Crippen molar-refractivity contribution >= 4 is 17.1 Å². The maximum Gasteiger partial charge on any atom is 0.143 e. The van der Waals surface area contributed by atoms with Gasteiger partial charge in [-0.15, -0.1) is 11.3 Å². The van der Waals surface area contributed by atoms with Gasteiger partial charge in [-0.3, -0.25) is 4.79 Å². The highest BCUT2D eigenvalue weighted by Crippen LogP contribution is 2.52. The highest BCUT2D eigenvalue weighted by molar-refractivity contribution is 7.09. The first kappa shape index (κ1) is 9.84. The second kappa shape index (κ2) is 3.16. The number of carbonyl (C=O) groups is 1. The van der Waals surface area contributed by atoms with Crippen molar-refractivity contribution in [2.45, 2.75) is 33.6 Å². The molecule has 1 aliphatic carbocycles. The topological polar surface area (TPSA) is 30.0 Å². The molecule has 76 valence electrons. The van der Waals surface area contributed by atoms with Crippen LogP contribution in [0, 0.1) is 18.3 Å². The minimum atomic E-state index is 0.253. The summed E-state index contributed by atoms with van der Waals surface area (Å²) in [5.74, 6) is 0.649. The molecule has 1 heterocycles. The monoisotopic (exact) mass is 209 g/mol. The van der Waals surface area contributed by atoms with Crippen LogP contribution in [0.2, 0.25) is 0 Å². The molecule has 0 bridgehead atoms. The van der Waals surface area contributed by atoms with Crippen molar-refractivity contribution < 1.29 is 4.79 Å². The van der Waals surface area contributed by atoms with Crippen LogP contribution in [0.15, 0.2) is 5.38 Å². The van der Waals surface area contributed by atoms with Crippen molar-refractivity contribution in [3.05, 3.63) is 16.1 Å². The molecular weight excluding hydrogens is 194 g/mol. The zero-order valence-corrected chi connectivity index (χ0v) is 9.65. The lowest BCUT2D eigenvalue weighted by Gasteiger charge is -2.00. The Labute approximate surface area is 88.4 Å². The zero-order valence-electron chi connectivity index (χ0n) is 8.83. The zero-order chi connectivity index (χ0) is 10.3. The van der Waals surface area contributed by atoms with Gasteiger partial charge in [-0.25, -0.2) is 4.98 Å². The Bertz CT molecular complexity index is 367. The van der Waals surface area contributed by atoms with E-state index in [2.05, 4.69) is 18.8 Å². The van der Waals surface area contributed by atoms with E-state index in [0.717, 1.165) is 17.1 Å². The summed E-state index contributed by atoms with van der Waals surface area (Å²) in [5.41, 5.74) is 1.27. The number of Topliss-reactive ketones (excluding diaryl/α,β-unsaturated/α-hetero) is 1. The van der Waals surface area contributed by atoms with Crippen molar-refractivity contribution in [2.75, 3.05) is 0 Å². The lowest BCUT2D eigenvalue weighted by Crippen LogP contribution is -2.08. The molecule has 0 saturated heterocycles. The summed E-state index contributed by atoms with van der Waals surface area (Å²) >= 11 is 1.59. The van der Waals surface area contributed by atoms with E-state index in [1.165, 1.54) is 0 Å². The van der Waals surface area contributed by atoms with Crippen molar-refractivity contribution in [2.24, 2.45) is 11.3 Å². The minimum Gasteiger partial charge on any atom is -0.299 e. The van der Waals surface area contributed by atoms with Gasteiger partial charge in [0.25, 0.3) is 0 Å². The minimum absolute atomic E-state index is 0.253. The normalized spacial score (nSPS) is 23.5. The number of nitrogens with zero attached hydrogens (tertiary/aromatic N) is 1. The Morgan fingerprint density at radius 3 is 2.79 bits per heavy atom. The van der Waals surface area contributed by atoms with Crippen molar-refractivity contribution in [1.82, 2.24) is 4.98 Å². The summed E-state index contributed by atoms with van der Waals surface area (Å²) in [6.07, 6.45) is 1.59. The van der Waals surface area contributed by atoms with Crippen LogP contribution < -0.4 is 0 Å². The lowest BCUT2D eigenvalue weighted by molar-refractivity contribution is -0.120. The number of aromatic nitrogens is 1. The van der Waals surface area contributed by atoms with E-state index < -0.39 is 0 Å². The van der Waals surface area contributed by atoms with Crippen LogP contribution >= 0.6 is 11.3 Å². The van der Waals surface area contributed by atoms with Crippen LogP contribution in [0.4, 0.5) is 0 Å². The number of rotatable bonds is 3. The fourth-order valence-electron chi connectivity index (χ4n) is 1.77. The molecular formula is C11H15NOS. The second-order valence-electron chi connectivity index (χ2n) is 4.77. The average molecular weight is 209 g/mol. The van der Waals surface area contributed by atoms with Gasteiger partial charge in [-0.2, -0.15) is 0 Å². The molecule has 2 nitrogen and oxygen atoms in total. The quantitative estimate of drug-likeness (QED) is 0.766. The predicted molar refractivity (Wildman–Crippen MR) is 57.5 cm³/mol. The van der Waals surface area contributed by atoms with E-state index in [1.807, 2.05) is 12.3 Å². The summed E-state index contributed by atoms with van der Waals surface area (Å²) in [5, 5.41) is 2.97. The Morgan fingerprint density at radius 1 is 1.71 bits per heavy atom. The summed E-state index contributed by atoms with van der Waals surface area (Å²) in [6.45, 7) is 6.27. The first-order chi connectivity index (χ1) is 6.49. The van der Waals surface area contributed by atoms with E-state index in [4.69, 9.17) is 0 Å². The first-order valence-electron chi connectivity index (χ1n) is 4.93.